The number of hydrogen-bond acceptors (Lipinski definition) is 3. The number of carbonyl (C=O) groups excluding carboxylic acids is 1. The summed E-state index contributed by atoms with van der Waals surface area (Å²) in [5, 5.41) is 13.6. The van der Waals surface area contributed by atoms with Crippen LogP contribution in [0.3, 0.4) is 0 Å². The van der Waals surface area contributed by atoms with Crippen LogP contribution in [0.5, 0.6) is 0 Å². The molecule has 0 heterocycles. The van der Waals surface area contributed by atoms with Crippen molar-refractivity contribution < 1.29 is 14.7 Å². The third-order valence-corrected chi connectivity index (χ3v) is 1.47. The summed E-state index contributed by atoms with van der Waals surface area (Å²) >= 11 is 0. The van der Waals surface area contributed by atoms with E-state index in [4.69, 9.17) is 5.11 Å². The second kappa shape index (κ2) is 5.54. The predicted molar refractivity (Wildman–Crippen MR) is 43.8 cm³/mol. The Hall–Kier alpha value is -1.10. The van der Waals surface area contributed by atoms with E-state index < -0.39 is 12.0 Å². The molecule has 0 rings (SSSR count). The standard InChI is InChI=1S/C7H14N2O3/c1-3-6(10)9-4-5(8-2)7(11)12/h5,8H,3-4H2,1-2H3,(H,9,10)(H,11,12)/t5-/m0/s1. The van der Waals surface area contributed by atoms with Crippen molar-refractivity contribution >= 4 is 11.9 Å². The number of amides is 1. The van der Waals surface area contributed by atoms with Crippen LogP contribution in [0.2, 0.25) is 0 Å². The molecule has 0 fully saturated rings. The Labute approximate surface area is 71.1 Å². The first-order chi connectivity index (χ1) is 5.61. The van der Waals surface area contributed by atoms with Gasteiger partial charge in [0.05, 0.1) is 0 Å². The van der Waals surface area contributed by atoms with Crippen LogP contribution >= 0.6 is 0 Å². The van der Waals surface area contributed by atoms with Gasteiger partial charge in [-0.2, -0.15) is 0 Å². The summed E-state index contributed by atoms with van der Waals surface area (Å²) in [6, 6.07) is -0.708. The predicted octanol–water partition coefficient (Wildman–Crippen LogP) is -0.815. The minimum Gasteiger partial charge on any atom is -0.480 e. The lowest BCUT2D eigenvalue weighted by Crippen LogP contribution is -2.44. The summed E-state index contributed by atoms with van der Waals surface area (Å²) in [5.74, 6) is -1.11. The molecule has 5 heteroatoms. The van der Waals surface area contributed by atoms with Gasteiger partial charge in [-0.1, -0.05) is 6.92 Å². The van der Waals surface area contributed by atoms with Crippen LogP contribution in [0.4, 0.5) is 0 Å². The highest BCUT2D eigenvalue weighted by molar-refractivity contribution is 5.78. The van der Waals surface area contributed by atoms with Gasteiger partial charge in [0.1, 0.15) is 6.04 Å². The average Bonchev–Trinajstić information content (AvgIpc) is 2.04. The van der Waals surface area contributed by atoms with Crippen molar-refractivity contribution in [2.24, 2.45) is 0 Å². The molecule has 0 aromatic rings. The fourth-order valence-electron chi connectivity index (χ4n) is 0.654. The third-order valence-electron chi connectivity index (χ3n) is 1.47. The molecule has 0 saturated heterocycles. The van der Waals surface area contributed by atoms with Gasteiger partial charge in [-0.3, -0.25) is 9.59 Å². The molecule has 0 aromatic heterocycles. The normalized spacial score (nSPS) is 12.2. The highest BCUT2D eigenvalue weighted by Crippen LogP contribution is 1.81. The maximum atomic E-state index is 10.7. The number of carbonyl (C=O) groups is 2. The first-order valence-corrected chi connectivity index (χ1v) is 3.78. The minimum absolute atomic E-state index is 0.124. The van der Waals surface area contributed by atoms with Crippen molar-refractivity contribution in [1.29, 1.82) is 0 Å². The van der Waals surface area contributed by atoms with E-state index >= 15 is 0 Å². The molecule has 12 heavy (non-hydrogen) atoms. The molecule has 0 radical (unpaired) electrons. The van der Waals surface area contributed by atoms with Gasteiger partial charge in [0.25, 0.3) is 0 Å². The Balaban J connectivity index is 3.73. The SMILES string of the molecule is CCC(=O)NC[C@H](NC)C(=O)O. The van der Waals surface area contributed by atoms with Crippen molar-refractivity contribution in [3.63, 3.8) is 0 Å². The number of rotatable bonds is 5. The largest absolute Gasteiger partial charge is 0.480 e. The zero-order valence-corrected chi connectivity index (χ0v) is 7.26. The van der Waals surface area contributed by atoms with Gasteiger partial charge in [-0.15, -0.1) is 0 Å². The lowest BCUT2D eigenvalue weighted by molar-refractivity contribution is -0.139. The fourth-order valence-corrected chi connectivity index (χ4v) is 0.654. The maximum Gasteiger partial charge on any atom is 0.322 e. The minimum atomic E-state index is -0.964. The molecule has 0 aliphatic heterocycles. The van der Waals surface area contributed by atoms with Crippen LogP contribution in [-0.2, 0) is 9.59 Å². The topological polar surface area (TPSA) is 78.4 Å². The lowest BCUT2D eigenvalue weighted by Gasteiger charge is -2.11. The summed E-state index contributed by atoms with van der Waals surface area (Å²) in [7, 11) is 1.54. The number of nitrogens with one attached hydrogen (secondary N) is 2. The highest BCUT2D eigenvalue weighted by Gasteiger charge is 2.14. The molecule has 0 aromatic carbocycles. The molecular weight excluding hydrogens is 160 g/mol. The Morgan fingerprint density at radius 3 is 2.42 bits per heavy atom. The Morgan fingerprint density at radius 2 is 2.08 bits per heavy atom. The van der Waals surface area contributed by atoms with Crippen LogP contribution in [-0.4, -0.2) is 36.6 Å². The first kappa shape index (κ1) is 10.9. The number of carboxylic acid groups (broad SMARTS) is 1. The second-order valence-corrected chi connectivity index (χ2v) is 2.34. The van der Waals surface area contributed by atoms with Gasteiger partial charge in [-0.25, -0.2) is 0 Å². The molecule has 70 valence electrons. The van der Waals surface area contributed by atoms with Crippen molar-refractivity contribution in [3.05, 3.63) is 0 Å². The van der Waals surface area contributed by atoms with Crippen LogP contribution in [0.25, 0.3) is 0 Å². The van der Waals surface area contributed by atoms with E-state index in [0.717, 1.165) is 0 Å². The van der Waals surface area contributed by atoms with Gasteiger partial charge in [0.2, 0.25) is 5.91 Å². The molecular formula is C7H14N2O3. The monoisotopic (exact) mass is 174 g/mol. The summed E-state index contributed by atoms with van der Waals surface area (Å²) in [6.45, 7) is 1.84. The molecule has 1 atom stereocenters. The van der Waals surface area contributed by atoms with Crippen molar-refractivity contribution in [3.8, 4) is 0 Å². The molecule has 0 spiro atoms. The van der Waals surface area contributed by atoms with Gasteiger partial charge >= 0.3 is 5.97 Å². The molecule has 0 aliphatic rings. The van der Waals surface area contributed by atoms with E-state index in [1.807, 2.05) is 0 Å². The summed E-state index contributed by atoms with van der Waals surface area (Å²) < 4.78 is 0. The Kier molecular flexibility index (Phi) is 5.03. The lowest BCUT2D eigenvalue weighted by atomic mass is 10.3. The van der Waals surface area contributed by atoms with E-state index in [1.54, 1.807) is 6.92 Å². The van der Waals surface area contributed by atoms with E-state index in [0.29, 0.717) is 6.42 Å². The second-order valence-electron chi connectivity index (χ2n) is 2.34. The highest BCUT2D eigenvalue weighted by atomic mass is 16.4. The smallest absolute Gasteiger partial charge is 0.322 e. The van der Waals surface area contributed by atoms with Gasteiger partial charge in [-0.05, 0) is 7.05 Å². The van der Waals surface area contributed by atoms with Crippen LogP contribution in [0, 0.1) is 0 Å². The Morgan fingerprint density at radius 1 is 1.50 bits per heavy atom. The molecule has 0 aliphatic carbocycles. The van der Waals surface area contributed by atoms with Gasteiger partial charge in [0, 0.05) is 13.0 Å². The van der Waals surface area contributed by atoms with Crippen LogP contribution < -0.4 is 10.6 Å². The van der Waals surface area contributed by atoms with Crippen molar-refractivity contribution in [1.82, 2.24) is 10.6 Å². The van der Waals surface area contributed by atoms with Gasteiger partial charge < -0.3 is 15.7 Å². The fraction of sp³-hybridized carbons (Fsp3) is 0.714. The molecule has 5 nitrogen and oxygen atoms in total. The van der Waals surface area contributed by atoms with E-state index in [-0.39, 0.29) is 12.5 Å². The number of hydrogen-bond donors (Lipinski definition) is 3. The summed E-state index contributed by atoms with van der Waals surface area (Å²) in [4.78, 5) is 21.1. The quantitative estimate of drug-likeness (QED) is 0.509. The zero-order valence-electron chi connectivity index (χ0n) is 7.26. The van der Waals surface area contributed by atoms with Crippen molar-refractivity contribution in [2.75, 3.05) is 13.6 Å². The molecule has 1 amide bonds. The Bertz CT molecular complexity index is 170. The molecule has 3 N–H and O–H groups in total. The molecule has 0 bridgehead atoms. The summed E-state index contributed by atoms with van der Waals surface area (Å²) in [6.07, 6.45) is 0.371. The van der Waals surface area contributed by atoms with Crippen LogP contribution in [0.1, 0.15) is 13.3 Å². The van der Waals surface area contributed by atoms with Crippen molar-refractivity contribution in [2.45, 2.75) is 19.4 Å². The maximum absolute atomic E-state index is 10.7. The summed E-state index contributed by atoms with van der Waals surface area (Å²) in [5.41, 5.74) is 0. The van der Waals surface area contributed by atoms with Gasteiger partial charge in [0.15, 0.2) is 0 Å². The van der Waals surface area contributed by atoms with E-state index in [9.17, 15) is 9.59 Å². The zero-order chi connectivity index (χ0) is 9.56. The number of likely N-dealkylation sites (N-methyl/N-ethyl adjacent to an activating group) is 1. The molecule has 0 unspecified atom stereocenters. The average molecular weight is 174 g/mol. The van der Waals surface area contributed by atoms with E-state index in [2.05, 4.69) is 10.6 Å². The molecule has 0 saturated carbocycles. The third kappa shape index (κ3) is 3.92. The van der Waals surface area contributed by atoms with Crippen LogP contribution in [0.15, 0.2) is 0 Å². The number of aliphatic carboxylic acids is 1. The van der Waals surface area contributed by atoms with E-state index in [1.165, 1.54) is 7.05 Å². The first-order valence-electron chi connectivity index (χ1n) is 3.78. The number of carboxylic acids is 1.